The number of hydrogen-bond acceptors (Lipinski definition) is 7. The van der Waals surface area contributed by atoms with E-state index in [1.807, 2.05) is 47.8 Å². The maximum atomic E-state index is 12.7. The highest BCUT2D eigenvalue weighted by Crippen LogP contribution is 2.17. The average Bonchev–Trinajstić information content (AvgIpc) is 3.41. The lowest BCUT2D eigenvalue weighted by molar-refractivity contribution is -0.144. The first-order chi connectivity index (χ1) is 15.8. The molecule has 2 saturated heterocycles. The number of thiophene rings is 1. The van der Waals surface area contributed by atoms with Crippen molar-refractivity contribution >= 4 is 45.3 Å². The fraction of sp³-hybridized carbons (Fsp3) is 0.318. The fourth-order valence-electron chi connectivity index (χ4n) is 3.69. The van der Waals surface area contributed by atoms with Gasteiger partial charge in [0.25, 0.3) is 0 Å². The second-order valence-corrected chi connectivity index (χ2v) is 10.6. The molecule has 9 nitrogen and oxygen atoms in total. The first-order valence-electron chi connectivity index (χ1n) is 10.5. The van der Waals surface area contributed by atoms with Crippen LogP contribution in [0, 0.1) is 0 Å². The third kappa shape index (κ3) is 5.38. The Bertz CT molecular complexity index is 1140. The Hall–Kier alpha value is -2.86. The van der Waals surface area contributed by atoms with Crippen LogP contribution in [-0.2, 0) is 26.0 Å². The lowest BCUT2D eigenvalue weighted by Gasteiger charge is -2.34. The van der Waals surface area contributed by atoms with Crippen LogP contribution in [-0.4, -0.2) is 84.7 Å². The molecule has 0 unspecified atom stereocenters. The Morgan fingerprint density at radius 2 is 1.58 bits per heavy atom. The summed E-state index contributed by atoms with van der Waals surface area (Å²) in [7, 11) is -3.58. The molecule has 2 fully saturated rings. The molecule has 0 spiro atoms. The molecule has 2 aromatic rings. The standard InChI is InChI=1S/C22H24N4O5S2/c27-20-21(28)26(22(29)25(20)10-8-19-7-4-15-32-19)17-23-11-13-24(14-12-23)33(30,31)16-9-18-5-2-1-3-6-18/h1-7,9,15-16H,8,10-14,17H2. The largest absolute Gasteiger partial charge is 0.335 e. The fourth-order valence-corrected chi connectivity index (χ4v) is 5.56. The SMILES string of the molecule is O=C1C(=O)N(CN2CCN(S(=O)(=O)C=Cc3ccccc3)CC2)C(=O)N1CCc1cccs1. The molecule has 4 rings (SSSR count). The van der Waals surface area contributed by atoms with Crippen molar-refractivity contribution in [3.8, 4) is 0 Å². The zero-order valence-electron chi connectivity index (χ0n) is 17.9. The molecule has 11 heteroatoms. The van der Waals surface area contributed by atoms with Gasteiger partial charge in [0.05, 0.1) is 6.67 Å². The van der Waals surface area contributed by atoms with E-state index in [9.17, 15) is 22.8 Å². The van der Waals surface area contributed by atoms with Crippen molar-refractivity contribution < 1.29 is 22.8 Å². The summed E-state index contributed by atoms with van der Waals surface area (Å²) in [6, 6.07) is 12.3. The predicted octanol–water partition coefficient (Wildman–Crippen LogP) is 1.66. The molecule has 1 aromatic heterocycles. The Kier molecular flexibility index (Phi) is 7.03. The van der Waals surface area contributed by atoms with E-state index in [1.165, 1.54) is 21.1 Å². The molecule has 0 radical (unpaired) electrons. The van der Waals surface area contributed by atoms with Gasteiger partial charge in [-0.05, 0) is 23.1 Å². The molecule has 0 atom stereocenters. The van der Waals surface area contributed by atoms with Crippen molar-refractivity contribution in [2.45, 2.75) is 6.42 Å². The minimum Gasteiger partial charge on any atom is -0.283 e. The number of nitrogens with zero attached hydrogens (tertiary/aromatic N) is 4. The first kappa shape index (κ1) is 23.3. The summed E-state index contributed by atoms with van der Waals surface area (Å²) >= 11 is 1.53. The highest BCUT2D eigenvalue weighted by molar-refractivity contribution is 7.92. The molecule has 0 bridgehead atoms. The molecule has 0 aliphatic carbocycles. The Morgan fingerprint density at radius 3 is 2.24 bits per heavy atom. The number of carbonyl (C=O) groups is 3. The molecule has 0 saturated carbocycles. The smallest absolute Gasteiger partial charge is 0.283 e. The first-order valence-corrected chi connectivity index (χ1v) is 12.9. The summed E-state index contributed by atoms with van der Waals surface area (Å²) < 4.78 is 26.6. The molecule has 3 heterocycles. The van der Waals surface area contributed by atoms with Gasteiger partial charge in [-0.2, -0.15) is 4.31 Å². The number of imide groups is 2. The van der Waals surface area contributed by atoms with Gasteiger partial charge in [0.1, 0.15) is 0 Å². The van der Waals surface area contributed by atoms with Crippen LogP contribution in [0.25, 0.3) is 6.08 Å². The van der Waals surface area contributed by atoms with E-state index < -0.39 is 27.9 Å². The summed E-state index contributed by atoms with van der Waals surface area (Å²) in [4.78, 5) is 42.1. The summed E-state index contributed by atoms with van der Waals surface area (Å²) in [6.45, 7) is 1.27. The molecular formula is C22H24N4O5S2. The Balaban J connectivity index is 1.31. The van der Waals surface area contributed by atoms with E-state index in [0.717, 1.165) is 20.2 Å². The third-order valence-electron chi connectivity index (χ3n) is 5.56. The second kappa shape index (κ2) is 9.96. The number of piperazine rings is 1. The van der Waals surface area contributed by atoms with Gasteiger partial charge in [-0.1, -0.05) is 36.4 Å². The van der Waals surface area contributed by atoms with Crippen LogP contribution in [0.3, 0.4) is 0 Å². The molecule has 174 valence electrons. The maximum Gasteiger partial charge on any atom is 0.335 e. The molecule has 2 aliphatic rings. The molecule has 4 amide bonds. The van der Waals surface area contributed by atoms with Crippen molar-refractivity contribution in [1.82, 2.24) is 19.0 Å². The van der Waals surface area contributed by atoms with Gasteiger partial charge in [0.2, 0.25) is 10.0 Å². The number of sulfonamides is 1. The quantitative estimate of drug-likeness (QED) is 0.414. The number of hydrogen-bond donors (Lipinski definition) is 0. The van der Waals surface area contributed by atoms with Gasteiger partial charge in [-0.25, -0.2) is 18.1 Å². The summed E-state index contributed by atoms with van der Waals surface area (Å²) in [5, 5.41) is 3.10. The van der Waals surface area contributed by atoms with Gasteiger partial charge in [-0.15, -0.1) is 11.3 Å². The lowest BCUT2D eigenvalue weighted by Crippen LogP contribution is -2.52. The van der Waals surface area contributed by atoms with Crippen molar-refractivity contribution in [3.05, 3.63) is 63.7 Å². The molecular weight excluding hydrogens is 464 g/mol. The molecule has 33 heavy (non-hydrogen) atoms. The molecule has 2 aliphatic heterocycles. The van der Waals surface area contributed by atoms with Gasteiger partial charge in [0.15, 0.2) is 0 Å². The highest BCUT2D eigenvalue weighted by atomic mass is 32.2. The predicted molar refractivity (Wildman–Crippen MR) is 124 cm³/mol. The normalized spacial score (nSPS) is 18.7. The van der Waals surface area contributed by atoms with Gasteiger partial charge >= 0.3 is 17.8 Å². The lowest BCUT2D eigenvalue weighted by atomic mass is 10.2. The van der Waals surface area contributed by atoms with Crippen LogP contribution in [0.15, 0.2) is 53.3 Å². The Morgan fingerprint density at radius 1 is 0.879 bits per heavy atom. The van der Waals surface area contributed by atoms with E-state index in [-0.39, 0.29) is 26.3 Å². The van der Waals surface area contributed by atoms with Crippen LogP contribution in [0.2, 0.25) is 0 Å². The number of urea groups is 1. The van der Waals surface area contributed by atoms with Crippen molar-refractivity contribution in [2.24, 2.45) is 0 Å². The molecule has 1 aromatic carbocycles. The molecule has 0 N–H and O–H groups in total. The number of amides is 4. The number of carbonyl (C=O) groups excluding carboxylic acids is 3. The second-order valence-electron chi connectivity index (χ2n) is 7.72. The summed E-state index contributed by atoms with van der Waals surface area (Å²) in [5.41, 5.74) is 0.791. The number of rotatable bonds is 8. The minimum absolute atomic E-state index is 0.0351. The monoisotopic (exact) mass is 488 g/mol. The Labute approximate surface area is 196 Å². The van der Waals surface area contributed by atoms with Crippen LogP contribution in [0.4, 0.5) is 4.79 Å². The van der Waals surface area contributed by atoms with E-state index >= 15 is 0 Å². The number of benzene rings is 1. The third-order valence-corrected chi connectivity index (χ3v) is 8.06. The summed E-state index contributed by atoms with van der Waals surface area (Å²) in [6.07, 6.45) is 2.06. The highest BCUT2D eigenvalue weighted by Gasteiger charge is 2.45. The van der Waals surface area contributed by atoms with Gasteiger partial charge < -0.3 is 0 Å². The van der Waals surface area contributed by atoms with E-state index in [1.54, 1.807) is 11.0 Å². The van der Waals surface area contributed by atoms with E-state index in [0.29, 0.717) is 19.5 Å². The average molecular weight is 489 g/mol. The van der Waals surface area contributed by atoms with E-state index in [2.05, 4.69) is 0 Å². The van der Waals surface area contributed by atoms with E-state index in [4.69, 9.17) is 0 Å². The zero-order chi connectivity index (χ0) is 23.4. The van der Waals surface area contributed by atoms with Crippen LogP contribution in [0.1, 0.15) is 10.4 Å². The maximum absolute atomic E-state index is 12.7. The van der Waals surface area contributed by atoms with Crippen LogP contribution in [0.5, 0.6) is 0 Å². The van der Waals surface area contributed by atoms with Crippen molar-refractivity contribution in [2.75, 3.05) is 39.4 Å². The topological polar surface area (TPSA) is 98.3 Å². The van der Waals surface area contributed by atoms with Crippen molar-refractivity contribution in [1.29, 1.82) is 0 Å². The van der Waals surface area contributed by atoms with Gasteiger partial charge in [0, 0.05) is 49.4 Å². The van der Waals surface area contributed by atoms with Crippen LogP contribution < -0.4 is 0 Å². The van der Waals surface area contributed by atoms with Gasteiger partial charge in [-0.3, -0.25) is 19.4 Å². The van der Waals surface area contributed by atoms with Crippen molar-refractivity contribution in [3.63, 3.8) is 0 Å². The summed E-state index contributed by atoms with van der Waals surface area (Å²) in [5.74, 6) is -1.66. The zero-order valence-corrected chi connectivity index (χ0v) is 19.5. The minimum atomic E-state index is -3.58. The van der Waals surface area contributed by atoms with Crippen LogP contribution >= 0.6 is 11.3 Å².